The molecule has 0 aliphatic carbocycles. The van der Waals surface area contributed by atoms with Gasteiger partial charge < -0.3 is 4.90 Å². The second kappa shape index (κ2) is 6.13. The fraction of sp³-hybridized carbons (Fsp3) is 0.706. The second-order valence-corrected chi connectivity index (χ2v) is 6.24. The average Bonchev–Trinajstić information content (AvgIpc) is 3.01. The van der Waals surface area contributed by atoms with Gasteiger partial charge in [0.15, 0.2) is 0 Å². The first-order valence-corrected chi connectivity index (χ1v) is 8.25. The van der Waals surface area contributed by atoms with Gasteiger partial charge >= 0.3 is 0 Å². The normalized spacial score (nSPS) is 24.3. The lowest BCUT2D eigenvalue weighted by atomic mass is 9.95. The van der Waals surface area contributed by atoms with Crippen LogP contribution in [0.4, 0.5) is 5.82 Å². The minimum atomic E-state index is 0.590. The van der Waals surface area contributed by atoms with E-state index in [1.807, 2.05) is 0 Å². The molecule has 1 aromatic rings. The van der Waals surface area contributed by atoms with E-state index >= 15 is 0 Å². The minimum absolute atomic E-state index is 0.590. The highest BCUT2D eigenvalue weighted by Gasteiger charge is 2.24. The summed E-state index contributed by atoms with van der Waals surface area (Å²) in [7, 11) is 0. The van der Waals surface area contributed by atoms with Crippen LogP contribution in [0, 0.1) is 6.92 Å². The molecule has 2 aliphatic heterocycles. The summed E-state index contributed by atoms with van der Waals surface area (Å²) in [5.41, 5.74) is 2.78. The number of hydrogen-bond donors (Lipinski definition) is 0. The van der Waals surface area contributed by atoms with E-state index in [2.05, 4.69) is 35.9 Å². The molecule has 110 valence electrons. The zero-order valence-corrected chi connectivity index (χ0v) is 12.9. The van der Waals surface area contributed by atoms with Gasteiger partial charge in [0.25, 0.3) is 0 Å². The Morgan fingerprint density at radius 2 is 1.90 bits per heavy atom. The van der Waals surface area contributed by atoms with Crippen LogP contribution in [0.1, 0.15) is 56.2 Å². The number of hydrogen-bond acceptors (Lipinski definition) is 3. The molecule has 3 heterocycles. The van der Waals surface area contributed by atoms with Crippen molar-refractivity contribution in [3.8, 4) is 0 Å². The summed E-state index contributed by atoms with van der Waals surface area (Å²) in [6.45, 7) is 9.25. The summed E-state index contributed by atoms with van der Waals surface area (Å²) in [4.78, 5) is 9.85. The van der Waals surface area contributed by atoms with Crippen LogP contribution >= 0.6 is 0 Å². The summed E-state index contributed by atoms with van der Waals surface area (Å²) in [5, 5.41) is 0. The Labute approximate surface area is 123 Å². The van der Waals surface area contributed by atoms with E-state index in [4.69, 9.17) is 4.98 Å². The lowest BCUT2D eigenvalue weighted by Crippen LogP contribution is -2.33. The first kappa shape index (κ1) is 13.9. The highest BCUT2D eigenvalue weighted by molar-refractivity contribution is 5.48. The predicted octanol–water partition coefficient (Wildman–Crippen LogP) is 3.54. The van der Waals surface area contributed by atoms with Gasteiger partial charge in [-0.15, -0.1) is 0 Å². The molecule has 1 aromatic heterocycles. The maximum atomic E-state index is 4.80. The molecule has 0 saturated carbocycles. The smallest absolute Gasteiger partial charge is 0.131 e. The van der Waals surface area contributed by atoms with Crippen molar-refractivity contribution in [2.45, 2.75) is 52.0 Å². The first-order valence-electron chi connectivity index (χ1n) is 8.25. The monoisotopic (exact) mass is 273 g/mol. The van der Waals surface area contributed by atoms with Crippen LogP contribution in [0.15, 0.2) is 12.3 Å². The molecule has 2 saturated heterocycles. The topological polar surface area (TPSA) is 19.4 Å². The molecule has 3 heteroatoms. The van der Waals surface area contributed by atoms with Crippen molar-refractivity contribution in [3.63, 3.8) is 0 Å². The van der Waals surface area contributed by atoms with Gasteiger partial charge in [0.05, 0.1) is 0 Å². The van der Waals surface area contributed by atoms with Crippen LogP contribution in [-0.4, -0.2) is 36.1 Å². The third kappa shape index (κ3) is 2.69. The zero-order chi connectivity index (χ0) is 13.9. The third-order valence-electron chi connectivity index (χ3n) is 4.88. The summed E-state index contributed by atoms with van der Waals surface area (Å²) >= 11 is 0. The molecule has 1 atom stereocenters. The number of piperidine rings is 1. The number of nitrogens with zero attached hydrogens (tertiary/aromatic N) is 3. The Bertz CT molecular complexity index is 452. The van der Waals surface area contributed by atoms with Crippen LogP contribution in [0.25, 0.3) is 0 Å². The van der Waals surface area contributed by atoms with Crippen LogP contribution in [0.5, 0.6) is 0 Å². The molecular weight excluding hydrogens is 246 g/mol. The van der Waals surface area contributed by atoms with Crippen molar-refractivity contribution in [3.05, 3.63) is 23.4 Å². The Morgan fingerprint density at radius 3 is 2.60 bits per heavy atom. The average molecular weight is 273 g/mol. The number of pyridine rings is 1. The molecule has 0 spiro atoms. The van der Waals surface area contributed by atoms with E-state index in [1.165, 1.54) is 68.7 Å². The lowest BCUT2D eigenvalue weighted by molar-refractivity contribution is 0.157. The zero-order valence-electron chi connectivity index (χ0n) is 12.9. The van der Waals surface area contributed by atoms with E-state index in [9.17, 15) is 0 Å². The molecule has 0 radical (unpaired) electrons. The van der Waals surface area contributed by atoms with E-state index in [0.29, 0.717) is 6.04 Å². The highest BCUT2D eigenvalue weighted by atomic mass is 15.2. The van der Waals surface area contributed by atoms with Crippen LogP contribution in [-0.2, 0) is 0 Å². The number of aryl methyl sites for hydroxylation is 1. The molecule has 3 rings (SSSR count). The van der Waals surface area contributed by atoms with Crippen LogP contribution in [0.3, 0.4) is 0 Å². The van der Waals surface area contributed by atoms with Crippen molar-refractivity contribution in [2.24, 2.45) is 0 Å². The van der Waals surface area contributed by atoms with Gasteiger partial charge in [0.1, 0.15) is 5.82 Å². The standard InChI is InChI=1S/C17H27N3/c1-3-19-9-5-4-8-16(19)15-12-14(2)17(18-13-15)20-10-6-7-11-20/h12-13,16H,3-11H2,1-2H3. The third-order valence-corrected chi connectivity index (χ3v) is 4.88. The summed E-state index contributed by atoms with van der Waals surface area (Å²) in [5.74, 6) is 1.21. The Kier molecular flexibility index (Phi) is 4.25. The molecule has 0 N–H and O–H groups in total. The molecule has 0 bridgehead atoms. The largest absolute Gasteiger partial charge is 0.356 e. The number of rotatable bonds is 3. The van der Waals surface area contributed by atoms with Gasteiger partial charge in [-0.3, -0.25) is 4.90 Å². The predicted molar refractivity (Wildman–Crippen MR) is 84.3 cm³/mol. The van der Waals surface area contributed by atoms with Crippen LogP contribution in [0.2, 0.25) is 0 Å². The highest BCUT2D eigenvalue weighted by Crippen LogP contribution is 2.32. The van der Waals surface area contributed by atoms with E-state index in [-0.39, 0.29) is 0 Å². The molecule has 3 nitrogen and oxygen atoms in total. The quantitative estimate of drug-likeness (QED) is 0.839. The van der Waals surface area contributed by atoms with Gasteiger partial charge in [0, 0.05) is 25.3 Å². The molecule has 1 unspecified atom stereocenters. The first-order chi connectivity index (χ1) is 9.79. The summed E-state index contributed by atoms with van der Waals surface area (Å²) in [6, 6.07) is 2.98. The Morgan fingerprint density at radius 1 is 1.15 bits per heavy atom. The van der Waals surface area contributed by atoms with E-state index in [0.717, 1.165) is 6.54 Å². The fourth-order valence-electron chi connectivity index (χ4n) is 3.78. The Hall–Kier alpha value is -1.09. The van der Waals surface area contributed by atoms with Crippen molar-refractivity contribution in [1.29, 1.82) is 0 Å². The molecule has 2 aliphatic rings. The molecular formula is C17H27N3. The van der Waals surface area contributed by atoms with E-state index in [1.54, 1.807) is 0 Å². The number of likely N-dealkylation sites (tertiary alicyclic amines) is 1. The number of anilines is 1. The van der Waals surface area contributed by atoms with E-state index < -0.39 is 0 Å². The van der Waals surface area contributed by atoms with Crippen LogP contribution < -0.4 is 4.90 Å². The summed E-state index contributed by atoms with van der Waals surface area (Å²) in [6.07, 6.45) is 8.76. The molecule has 0 amide bonds. The van der Waals surface area contributed by atoms with Crippen molar-refractivity contribution < 1.29 is 0 Å². The van der Waals surface area contributed by atoms with Gasteiger partial charge in [-0.05, 0) is 62.9 Å². The van der Waals surface area contributed by atoms with Crippen molar-refractivity contribution in [2.75, 3.05) is 31.1 Å². The van der Waals surface area contributed by atoms with Gasteiger partial charge in [0.2, 0.25) is 0 Å². The lowest BCUT2D eigenvalue weighted by Gasteiger charge is -2.35. The maximum absolute atomic E-state index is 4.80. The number of aromatic nitrogens is 1. The van der Waals surface area contributed by atoms with Crippen molar-refractivity contribution in [1.82, 2.24) is 9.88 Å². The van der Waals surface area contributed by atoms with Gasteiger partial charge in [-0.2, -0.15) is 0 Å². The summed E-state index contributed by atoms with van der Waals surface area (Å²) < 4.78 is 0. The Balaban J connectivity index is 1.81. The van der Waals surface area contributed by atoms with Gasteiger partial charge in [-0.25, -0.2) is 4.98 Å². The van der Waals surface area contributed by atoms with Gasteiger partial charge in [-0.1, -0.05) is 13.3 Å². The minimum Gasteiger partial charge on any atom is -0.356 e. The second-order valence-electron chi connectivity index (χ2n) is 6.24. The maximum Gasteiger partial charge on any atom is 0.131 e. The molecule has 0 aromatic carbocycles. The SMILES string of the molecule is CCN1CCCCC1c1cnc(N2CCCC2)c(C)c1. The fourth-order valence-corrected chi connectivity index (χ4v) is 3.78. The van der Waals surface area contributed by atoms with Crippen molar-refractivity contribution >= 4 is 5.82 Å². The molecule has 2 fully saturated rings. The molecule has 20 heavy (non-hydrogen) atoms.